The number of aliphatic hydroxyl groups excluding tert-OH is 1. The summed E-state index contributed by atoms with van der Waals surface area (Å²) >= 11 is 0. The Bertz CT molecular complexity index is 478. The van der Waals surface area contributed by atoms with E-state index in [1.54, 1.807) is 0 Å². The highest BCUT2D eigenvalue weighted by Gasteiger charge is 2.26. The van der Waals surface area contributed by atoms with Crippen molar-refractivity contribution < 1.29 is 18.3 Å². The Balaban J connectivity index is 2.77. The molecule has 0 saturated heterocycles. The predicted molar refractivity (Wildman–Crippen MR) is 77.4 cm³/mol. The van der Waals surface area contributed by atoms with Crippen LogP contribution in [0.3, 0.4) is 0 Å². The molecule has 20 heavy (non-hydrogen) atoms. The lowest BCUT2D eigenvalue weighted by molar-refractivity contribution is 0.165. The number of benzene rings is 1. The molecule has 0 aromatic heterocycles. The fourth-order valence-electron chi connectivity index (χ4n) is 1.77. The molecule has 0 unspecified atom stereocenters. The smallest absolute Gasteiger partial charge is 0.282 e. The summed E-state index contributed by atoms with van der Waals surface area (Å²) in [7, 11) is -0.568. The van der Waals surface area contributed by atoms with E-state index in [-0.39, 0.29) is 26.2 Å². The van der Waals surface area contributed by atoms with E-state index in [1.165, 1.54) is 22.8 Å². The van der Waals surface area contributed by atoms with Gasteiger partial charge in [-0.3, -0.25) is 0 Å². The maximum atomic E-state index is 12.4. The first-order valence-corrected chi connectivity index (χ1v) is 7.77. The Morgan fingerprint density at radius 3 is 2.40 bits per heavy atom. The molecule has 1 N–H and O–H groups in total. The molecule has 0 radical (unpaired) electrons. The summed E-state index contributed by atoms with van der Waals surface area (Å²) < 4.78 is 32.2. The molecule has 1 rings (SSSR count). The maximum Gasteiger partial charge on any atom is 0.282 e. The molecule has 0 heterocycles. The summed E-state index contributed by atoms with van der Waals surface area (Å²) in [6.45, 7) is 0.641. The zero-order valence-corrected chi connectivity index (χ0v) is 12.7. The Morgan fingerprint density at radius 1 is 1.20 bits per heavy atom. The fourth-order valence-corrected chi connectivity index (χ4v) is 3.09. The quantitative estimate of drug-likeness (QED) is 0.712. The summed E-state index contributed by atoms with van der Waals surface area (Å²) in [6.07, 6.45) is 0. The summed E-state index contributed by atoms with van der Waals surface area (Å²) in [4.78, 5) is 0. The second kappa shape index (κ2) is 8.33. The highest BCUT2D eigenvalue weighted by atomic mass is 32.2. The summed E-state index contributed by atoms with van der Waals surface area (Å²) in [6, 6.07) is 9.36. The first kappa shape index (κ1) is 17.1. The van der Waals surface area contributed by atoms with Crippen molar-refractivity contribution in [3.63, 3.8) is 0 Å². The lowest BCUT2D eigenvalue weighted by atomic mass is 10.2. The molecule has 6 nitrogen and oxygen atoms in total. The molecule has 0 amide bonds. The van der Waals surface area contributed by atoms with Crippen LogP contribution in [-0.4, -0.2) is 62.6 Å². The average Bonchev–Trinajstić information content (AvgIpc) is 2.44. The van der Waals surface area contributed by atoms with Crippen molar-refractivity contribution in [2.75, 3.05) is 40.5 Å². The van der Waals surface area contributed by atoms with Gasteiger partial charge in [0.15, 0.2) is 0 Å². The van der Waals surface area contributed by atoms with Crippen molar-refractivity contribution in [3.8, 4) is 0 Å². The molecule has 0 atom stereocenters. The lowest BCUT2D eigenvalue weighted by Gasteiger charge is -2.26. The zero-order chi connectivity index (χ0) is 15.0. The van der Waals surface area contributed by atoms with Gasteiger partial charge in [0.2, 0.25) is 0 Å². The van der Waals surface area contributed by atoms with Crippen LogP contribution >= 0.6 is 0 Å². The third kappa shape index (κ3) is 4.84. The first-order chi connectivity index (χ1) is 9.52. The minimum absolute atomic E-state index is 0.0603. The fraction of sp³-hybridized carbons (Fsp3) is 0.538. The van der Waals surface area contributed by atoms with E-state index in [9.17, 15) is 8.42 Å². The molecule has 0 aliphatic carbocycles. The summed E-state index contributed by atoms with van der Waals surface area (Å²) in [5.74, 6) is 0. The van der Waals surface area contributed by atoms with Crippen LogP contribution in [0.15, 0.2) is 30.3 Å². The van der Waals surface area contributed by atoms with Gasteiger partial charge in [-0.25, -0.2) is 0 Å². The van der Waals surface area contributed by atoms with Crippen LogP contribution in [0.25, 0.3) is 0 Å². The predicted octanol–water partition coefficient (Wildman–Crippen LogP) is 0.304. The van der Waals surface area contributed by atoms with Crippen molar-refractivity contribution in [2.45, 2.75) is 6.54 Å². The molecule has 1 aromatic carbocycles. The summed E-state index contributed by atoms with van der Waals surface area (Å²) in [5, 5.41) is 9.01. The molecule has 0 fully saturated rings. The number of nitrogens with zero attached hydrogens (tertiary/aromatic N) is 2. The van der Waals surface area contributed by atoms with Crippen molar-refractivity contribution in [3.05, 3.63) is 35.9 Å². The first-order valence-electron chi connectivity index (χ1n) is 6.37. The van der Waals surface area contributed by atoms with E-state index in [1.807, 2.05) is 30.3 Å². The van der Waals surface area contributed by atoms with Crippen LogP contribution in [0, 0.1) is 0 Å². The largest absolute Gasteiger partial charge is 0.395 e. The Hall–Kier alpha value is -0.990. The molecule has 114 valence electrons. The standard InChI is InChI=1S/C13H22N2O4S/c1-14(12-13-6-4-3-5-7-13)20(17,18)15(8-10-16)9-11-19-2/h3-7,16H,8-12H2,1-2H3. The second-order valence-electron chi connectivity index (χ2n) is 4.36. The topological polar surface area (TPSA) is 70.1 Å². The SMILES string of the molecule is COCCN(CCO)S(=O)(=O)N(C)Cc1ccccc1. The minimum atomic E-state index is -3.61. The van der Waals surface area contributed by atoms with Gasteiger partial charge < -0.3 is 9.84 Å². The Morgan fingerprint density at radius 2 is 1.85 bits per heavy atom. The van der Waals surface area contributed by atoms with Gasteiger partial charge in [-0.2, -0.15) is 17.0 Å². The van der Waals surface area contributed by atoms with E-state index >= 15 is 0 Å². The van der Waals surface area contributed by atoms with Gasteiger partial charge in [-0.1, -0.05) is 30.3 Å². The van der Waals surface area contributed by atoms with Crippen LogP contribution < -0.4 is 0 Å². The Kier molecular flexibility index (Phi) is 7.11. The number of ether oxygens (including phenoxy) is 1. The normalized spacial score (nSPS) is 12.2. The van der Waals surface area contributed by atoms with E-state index in [0.717, 1.165) is 5.56 Å². The molecule has 0 spiro atoms. The van der Waals surface area contributed by atoms with Crippen LogP contribution in [0.1, 0.15) is 5.56 Å². The van der Waals surface area contributed by atoms with Gasteiger partial charge >= 0.3 is 0 Å². The number of rotatable bonds is 9. The van der Waals surface area contributed by atoms with E-state index < -0.39 is 10.2 Å². The van der Waals surface area contributed by atoms with Crippen molar-refractivity contribution in [2.24, 2.45) is 0 Å². The number of aliphatic hydroxyl groups is 1. The monoisotopic (exact) mass is 302 g/mol. The van der Waals surface area contributed by atoms with Crippen LogP contribution in [-0.2, 0) is 21.5 Å². The van der Waals surface area contributed by atoms with E-state index in [0.29, 0.717) is 6.61 Å². The van der Waals surface area contributed by atoms with Gasteiger partial charge in [0.1, 0.15) is 0 Å². The van der Waals surface area contributed by atoms with E-state index in [4.69, 9.17) is 9.84 Å². The van der Waals surface area contributed by atoms with Crippen LogP contribution in [0.5, 0.6) is 0 Å². The molecule has 7 heteroatoms. The minimum Gasteiger partial charge on any atom is -0.395 e. The van der Waals surface area contributed by atoms with E-state index in [2.05, 4.69) is 0 Å². The number of methoxy groups -OCH3 is 1. The number of hydrogen-bond acceptors (Lipinski definition) is 4. The third-order valence-corrected chi connectivity index (χ3v) is 4.80. The van der Waals surface area contributed by atoms with Crippen molar-refractivity contribution >= 4 is 10.2 Å². The van der Waals surface area contributed by atoms with Crippen LogP contribution in [0.2, 0.25) is 0 Å². The van der Waals surface area contributed by atoms with Gasteiger partial charge in [-0.15, -0.1) is 0 Å². The van der Waals surface area contributed by atoms with Gasteiger partial charge in [0.05, 0.1) is 13.2 Å². The lowest BCUT2D eigenvalue weighted by Crippen LogP contribution is -2.44. The average molecular weight is 302 g/mol. The maximum absolute atomic E-state index is 12.4. The van der Waals surface area contributed by atoms with Crippen LogP contribution in [0.4, 0.5) is 0 Å². The molecular formula is C13H22N2O4S. The Labute approximate surface area is 120 Å². The van der Waals surface area contributed by atoms with Gasteiger partial charge in [0.25, 0.3) is 10.2 Å². The second-order valence-corrected chi connectivity index (χ2v) is 6.40. The molecule has 1 aromatic rings. The third-order valence-electron chi connectivity index (χ3n) is 2.86. The van der Waals surface area contributed by atoms with Crippen molar-refractivity contribution in [1.82, 2.24) is 8.61 Å². The van der Waals surface area contributed by atoms with Crippen molar-refractivity contribution in [1.29, 1.82) is 0 Å². The molecule has 0 saturated carbocycles. The van der Waals surface area contributed by atoms with Gasteiger partial charge in [-0.05, 0) is 5.56 Å². The molecular weight excluding hydrogens is 280 g/mol. The highest BCUT2D eigenvalue weighted by molar-refractivity contribution is 7.86. The molecule has 0 aliphatic heterocycles. The summed E-state index contributed by atoms with van der Waals surface area (Å²) in [5.41, 5.74) is 0.911. The molecule has 0 aliphatic rings. The highest BCUT2D eigenvalue weighted by Crippen LogP contribution is 2.11. The molecule has 0 bridgehead atoms. The number of hydrogen-bond donors (Lipinski definition) is 1. The zero-order valence-electron chi connectivity index (χ0n) is 11.9. The van der Waals surface area contributed by atoms with Gasteiger partial charge in [0, 0.05) is 33.8 Å².